The first-order chi connectivity index (χ1) is 8.16. The standard InChI is InChI=1S/C13H18Cl2OS/c14-12-8-10(13(15)17-12)11(16)7-6-9-4-2-1-3-5-9/h8-9,11,16H,1-7H2. The van der Waals surface area contributed by atoms with Gasteiger partial charge in [-0.1, -0.05) is 55.3 Å². The van der Waals surface area contributed by atoms with E-state index >= 15 is 0 Å². The summed E-state index contributed by atoms with van der Waals surface area (Å²) in [7, 11) is 0. The van der Waals surface area contributed by atoms with Crippen LogP contribution >= 0.6 is 34.5 Å². The minimum atomic E-state index is -0.451. The van der Waals surface area contributed by atoms with E-state index < -0.39 is 6.10 Å². The zero-order valence-electron chi connectivity index (χ0n) is 9.79. The van der Waals surface area contributed by atoms with Crippen LogP contribution in [0.15, 0.2) is 6.07 Å². The van der Waals surface area contributed by atoms with Crippen LogP contribution in [0.5, 0.6) is 0 Å². The molecule has 0 spiro atoms. The van der Waals surface area contributed by atoms with Crippen LogP contribution in [-0.4, -0.2) is 5.11 Å². The van der Waals surface area contributed by atoms with Crippen molar-refractivity contribution in [3.8, 4) is 0 Å². The highest BCUT2D eigenvalue weighted by molar-refractivity contribution is 7.20. The Morgan fingerprint density at radius 1 is 1.29 bits per heavy atom. The van der Waals surface area contributed by atoms with Gasteiger partial charge >= 0.3 is 0 Å². The van der Waals surface area contributed by atoms with E-state index in [1.807, 2.05) is 0 Å². The normalized spacial score (nSPS) is 19.5. The topological polar surface area (TPSA) is 20.2 Å². The van der Waals surface area contributed by atoms with Gasteiger partial charge in [0.15, 0.2) is 0 Å². The summed E-state index contributed by atoms with van der Waals surface area (Å²) in [6, 6.07) is 1.79. The van der Waals surface area contributed by atoms with Crippen LogP contribution in [0.1, 0.15) is 56.6 Å². The third kappa shape index (κ3) is 3.85. The molecule has 1 aromatic rings. The third-order valence-electron chi connectivity index (χ3n) is 3.62. The molecule has 1 fully saturated rings. The zero-order valence-corrected chi connectivity index (χ0v) is 12.1. The second-order valence-electron chi connectivity index (χ2n) is 4.88. The molecule has 1 heterocycles. The molecule has 96 valence electrons. The number of halogens is 2. The highest BCUT2D eigenvalue weighted by Crippen LogP contribution is 2.37. The molecule has 0 aromatic carbocycles. The van der Waals surface area contributed by atoms with Crippen LogP contribution in [0.4, 0.5) is 0 Å². The molecule has 1 aliphatic carbocycles. The molecule has 4 heteroatoms. The maximum atomic E-state index is 10.1. The van der Waals surface area contributed by atoms with E-state index in [0.717, 1.165) is 24.3 Å². The summed E-state index contributed by atoms with van der Waals surface area (Å²) in [5.74, 6) is 0.797. The van der Waals surface area contributed by atoms with Gasteiger partial charge in [0.05, 0.1) is 10.4 Å². The summed E-state index contributed by atoms with van der Waals surface area (Å²) in [6.45, 7) is 0. The lowest BCUT2D eigenvalue weighted by Gasteiger charge is -2.22. The highest BCUT2D eigenvalue weighted by Gasteiger charge is 2.18. The summed E-state index contributed by atoms with van der Waals surface area (Å²) in [6.07, 6.45) is 8.19. The fourth-order valence-electron chi connectivity index (χ4n) is 2.61. The predicted octanol–water partition coefficient (Wildman–Crippen LogP) is 5.45. The summed E-state index contributed by atoms with van der Waals surface area (Å²) in [5.41, 5.74) is 0.803. The van der Waals surface area contributed by atoms with Gasteiger partial charge in [-0.25, -0.2) is 0 Å². The van der Waals surface area contributed by atoms with E-state index in [-0.39, 0.29) is 0 Å². The minimum Gasteiger partial charge on any atom is -0.388 e. The Hall–Kier alpha value is 0.240. The molecule has 1 unspecified atom stereocenters. The Morgan fingerprint density at radius 2 is 2.00 bits per heavy atom. The number of hydrogen-bond donors (Lipinski definition) is 1. The molecule has 17 heavy (non-hydrogen) atoms. The summed E-state index contributed by atoms with van der Waals surface area (Å²) in [5, 5.41) is 10.1. The number of hydrogen-bond acceptors (Lipinski definition) is 2. The minimum absolute atomic E-state index is 0.451. The van der Waals surface area contributed by atoms with Crippen molar-refractivity contribution in [2.45, 2.75) is 51.0 Å². The van der Waals surface area contributed by atoms with Crippen molar-refractivity contribution < 1.29 is 5.11 Å². The van der Waals surface area contributed by atoms with Crippen molar-refractivity contribution in [1.82, 2.24) is 0 Å². The van der Waals surface area contributed by atoms with E-state index in [4.69, 9.17) is 23.2 Å². The second-order valence-corrected chi connectivity index (χ2v) is 7.16. The molecule has 1 aromatic heterocycles. The smallest absolute Gasteiger partial charge is 0.100 e. The van der Waals surface area contributed by atoms with Gasteiger partial charge in [-0.15, -0.1) is 11.3 Å². The Balaban J connectivity index is 1.84. The Morgan fingerprint density at radius 3 is 2.59 bits per heavy atom. The first-order valence-corrected chi connectivity index (χ1v) is 7.87. The second kappa shape index (κ2) is 6.42. The van der Waals surface area contributed by atoms with Gasteiger partial charge in [0, 0.05) is 5.56 Å². The average molecular weight is 293 g/mol. The van der Waals surface area contributed by atoms with Crippen LogP contribution in [-0.2, 0) is 0 Å². The first kappa shape index (κ1) is 13.7. The molecule has 0 amide bonds. The maximum absolute atomic E-state index is 10.1. The highest BCUT2D eigenvalue weighted by atomic mass is 35.5. The number of rotatable bonds is 4. The van der Waals surface area contributed by atoms with Crippen molar-refractivity contribution in [1.29, 1.82) is 0 Å². The molecule has 0 radical (unpaired) electrons. The molecular formula is C13H18Cl2OS. The molecule has 0 saturated heterocycles. The number of aliphatic hydroxyl groups excluding tert-OH is 1. The lowest BCUT2D eigenvalue weighted by Crippen LogP contribution is -2.08. The lowest BCUT2D eigenvalue weighted by molar-refractivity contribution is 0.152. The maximum Gasteiger partial charge on any atom is 0.100 e. The van der Waals surface area contributed by atoms with Crippen molar-refractivity contribution in [3.05, 3.63) is 20.3 Å². The summed E-state index contributed by atoms with van der Waals surface area (Å²) >= 11 is 13.2. The average Bonchev–Trinajstić information content (AvgIpc) is 2.67. The summed E-state index contributed by atoms with van der Waals surface area (Å²) < 4.78 is 1.29. The van der Waals surface area contributed by atoms with Gasteiger partial charge in [0.25, 0.3) is 0 Å². The Bertz CT molecular complexity index is 358. The molecule has 0 bridgehead atoms. The molecule has 1 N–H and O–H groups in total. The lowest BCUT2D eigenvalue weighted by atomic mass is 9.85. The van der Waals surface area contributed by atoms with E-state index in [1.54, 1.807) is 6.07 Å². The molecule has 2 rings (SSSR count). The largest absolute Gasteiger partial charge is 0.388 e. The van der Waals surface area contributed by atoms with Crippen LogP contribution in [0, 0.1) is 5.92 Å². The molecule has 1 nitrogen and oxygen atoms in total. The van der Waals surface area contributed by atoms with E-state index in [2.05, 4.69) is 0 Å². The van der Waals surface area contributed by atoms with Crippen molar-refractivity contribution in [2.24, 2.45) is 5.92 Å². The van der Waals surface area contributed by atoms with E-state index in [1.165, 1.54) is 43.4 Å². The van der Waals surface area contributed by atoms with E-state index in [0.29, 0.717) is 8.67 Å². The van der Waals surface area contributed by atoms with Crippen LogP contribution in [0.2, 0.25) is 8.67 Å². The first-order valence-electron chi connectivity index (χ1n) is 6.29. The third-order valence-corrected chi connectivity index (χ3v) is 5.13. The molecule has 1 aliphatic rings. The number of aliphatic hydroxyl groups is 1. The fourth-order valence-corrected chi connectivity index (χ4v) is 4.17. The summed E-state index contributed by atoms with van der Waals surface area (Å²) in [4.78, 5) is 0. The van der Waals surface area contributed by atoms with Crippen LogP contribution in [0.3, 0.4) is 0 Å². The Labute approximate surface area is 117 Å². The zero-order chi connectivity index (χ0) is 12.3. The monoisotopic (exact) mass is 292 g/mol. The van der Waals surface area contributed by atoms with Crippen LogP contribution in [0.25, 0.3) is 0 Å². The van der Waals surface area contributed by atoms with Gasteiger partial charge < -0.3 is 5.11 Å². The van der Waals surface area contributed by atoms with Crippen molar-refractivity contribution in [2.75, 3.05) is 0 Å². The van der Waals surface area contributed by atoms with Gasteiger partial charge in [-0.05, 0) is 24.8 Å². The van der Waals surface area contributed by atoms with Crippen LogP contribution < -0.4 is 0 Å². The fraction of sp³-hybridized carbons (Fsp3) is 0.692. The molecule has 1 saturated carbocycles. The van der Waals surface area contributed by atoms with Crippen molar-refractivity contribution in [3.63, 3.8) is 0 Å². The predicted molar refractivity (Wildman–Crippen MR) is 75.1 cm³/mol. The van der Waals surface area contributed by atoms with Gasteiger partial charge in [-0.2, -0.15) is 0 Å². The molecule has 1 atom stereocenters. The SMILES string of the molecule is OC(CCC1CCCCC1)c1cc(Cl)sc1Cl. The molecular weight excluding hydrogens is 275 g/mol. The van der Waals surface area contributed by atoms with Crippen molar-refractivity contribution >= 4 is 34.5 Å². The van der Waals surface area contributed by atoms with Gasteiger partial charge in [0.1, 0.15) is 4.34 Å². The quantitative estimate of drug-likeness (QED) is 0.782. The Kier molecular flexibility index (Phi) is 5.16. The number of thiophene rings is 1. The van der Waals surface area contributed by atoms with E-state index in [9.17, 15) is 5.11 Å². The molecule has 0 aliphatic heterocycles. The van der Waals surface area contributed by atoms with Gasteiger partial charge in [-0.3, -0.25) is 0 Å². The van der Waals surface area contributed by atoms with Gasteiger partial charge in [0.2, 0.25) is 0 Å².